The molecule has 1 aliphatic heterocycles. The number of allylic oxidation sites excluding steroid dienone is 1. The molecule has 0 atom stereocenters. The molecule has 2 aromatic heterocycles. The van der Waals surface area contributed by atoms with Crippen LogP contribution in [0.25, 0.3) is 16.7 Å². The molecule has 2 N–H and O–H groups in total. The maximum absolute atomic E-state index is 12.9. The molecular weight excluding hydrogens is 560 g/mol. The summed E-state index contributed by atoms with van der Waals surface area (Å²) in [6.45, 7) is 4.41. The Balaban J connectivity index is 1.15. The number of ether oxygens (including phenoxy) is 2. The number of benzene rings is 2. The molecule has 44 heavy (non-hydrogen) atoms. The van der Waals surface area contributed by atoms with Crippen molar-refractivity contribution in [1.29, 1.82) is 0 Å². The van der Waals surface area contributed by atoms with Gasteiger partial charge in [0.1, 0.15) is 17.4 Å². The van der Waals surface area contributed by atoms with Crippen LogP contribution in [0.3, 0.4) is 0 Å². The quantitative estimate of drug-likeness (QED) is 0.291. The number of nitrogens with one attached hydrogen (secondary N) is 2. The van der Waals surface area contributed by atoms with Crippen molar-refractivity contribution in [1.82, 2.24) is 25.2 Å². The predicted octanol–water partition coefficient (Wildman–Crippen LogP) is 4.95. The molecule has 2 aliphatic carbocycles. The molecule has 3 aliphatic rings. The molecule has 2 aromatic carbocycles. The standard InChI is InChI=1S/C33H34N6O5/c1-18-34-26-11-8-20(14-29(26)43-18)24-10-13-27-30(24)32(44-23-6-4-5-7-23)38-33(37-27)36-25-12-9-21(15-28(25)42-3)31(41)35-22-16-39(17-22)19(2)40/h8-12,14-15,22-23H,4-7,13,16-17H2,1-3H3,(H,35,41)(H,36,37,38). The van der Waals surface area contributed by atoms with Gasteiger partial charge in [0, 0.05) is 38.9 Å². The molecular formula is C33H34N6O5. The van der Waals surface area contributed by atoms with Gasteiger partial charge in [0.05, 0.1) is 30.1 Å². The van der Waals surface area contributed by atoms with E-state index in [9.17, 15) is 9.59 Å². The molecule has 0 spiro atoms. The fourth-order valence-electron chi connectivity index (χ4n) is 6.13. The number of aryl methyl sites for hydroxylation is 1. The van der Waals surface area contributed by atoms with Crippen molar-refractivity contribution in [3.05, 3.63) is 70.7 Å². The highest BCUT2D eigenvalue weighted by Gasteiger charge is 2.31. The van der Waals surface area contributed by atoms with Crippen molar-refractivity contribution in [2.75, 3.05) is 25.5 Å². The van der Waals surface area contributed by atoms with Crippen molar-refractivity contribution < 1.29 is 23.5 Å². The third-order valence-electron chi connectivity index (χ3n) is 8.48. The Morgan fingerprint density at radius 1 is 1.05 bits per heavy atom. The molecule has 226 valence electrons. The van der Waals surface area contributed by atoms with Gasteiger partial charge in [0.15, 0.2) is 11.5 Å². The zero-order valence-electron chi connectivity index (χ0n) is 25.0. The van der Waals surface area contributed by atoms with Crippen LogP contribution in [0.15, 0.2) is 46.9 Å². The third-order valence-corrected chi connectivity index (χ3v) is 8.48. The predicted molar refractivity (Wildman–Crippen MR) is 164 cm³/mol. The van der Waals surface area contributed by atoms with Gasteiger partial charge in [-0.25, -0.2) is 9.97 Å². The Bertz CT molecular complexity index is 1800. The Morgan fingerprint density at radius 2 is 1.86 bits per heavy atom. The molecule has 0 radical (unpaired) electrons. The minimum Gasteiger partial charge on any atom is -0.495 e. The fraction of sp³-hybridized carbons (Fsp3) is 0.364. The van der Waals surface area contributed by atoms with Crippen molar-refractivity contribution in [2.24, 2.45) is 0 Å². The van der Waals surface area contributed by atoms with Gasteiger partial charge in [-0.05, 0) is 67.2 Å². The summed E-state index contributed by atoms with van der Waals surface area (Å²) in [6, 6.07) is 11.2. The minimum absolute atomic E-state index is 0.00757. The van der Waals surface area contributed by atoms with E-state index in [4.69, 9.17) is 23.9 Å². The van der Waals surface area contributed by atoms with Crippen molar-refractivity contribution in [2.45, 2.75) is 58.1 Å². The van der Waals surface area contributed by atoms with Crippen LogP contribution < -0.4 is 20.1 Å². The second-order valence-electron chi connectivity index (χ2n) is 11.6. The van der Waals surface area contributed by atoms with E-state index in [-0.39, 0.29) is 24.0 Å². The number of hydrogen-bond acceptors (Lipinski definition) is 9. The molecule has 2 fully saturated rings. The van der Waals surface area contributed by atoms with Crippen molar-refractivity contribution >= 4 is 40.1 Å². The first-order valence-electron chi connectivity index (χ1n) is 15.0. The largest absolute Gasteiger partial charge is 0.495 e. The number of fused-ring (bicyclic) bond motifs is 2. The van der Waals surface area contributed by atoms with E-state index in [1.807, 2.05) is 25.1 Å². The van der Waals surface area contributed by atoms with Crippen LogP contribution in [-0.4, -0.2) is 64.0 Å². The second-order valence-corrected chi connectivity index (χ2v) is 11.6. The van der Waals surface area contributed by atoms with Gasteiger partial charge in [-0.15, -0.1) is 0 Å². The summed E-state index contributed by atoms with van der Waals surface area (Å²) in [7, 11) is 1.56. The highest BCUT2D eigenvalue weighted by molar-refractivity contribution is 5.96. The molecule has 11 nitrogen and oxygen atoms in total. The number of hydrogen-bond donors (Lipinski definition) is 2. The van der Waals surface area contributed by atoms with Gasteiger partial charge in [0.2, 0.25) is 17.7 Å². The highest BCUT2D eigenvalue weighted by Crippen LogP contribution is 2.41. The number of likely N-dealkylation sites (tertiary alicyclic amines) is 1. The molecule has 0 unspecified atom stereocenters. The van der Waals surface area contributed by atoms with Crippen LogP contribution in [-0.2, 0) is 11.2 Å². The van der Waals surface area contributed by atoms with Crippen LogP contribution in [0, 0.1) is 6.92 Å². The molecule has 1 saturated heterocycles. The van der Waals surface area contributed by atoms with E-state index in [2.05, 4.69) is 21.7 Å². The molecule has 7 rings (SSSR count). The number of carbonyl (C=O) groups is 2. The number of oxazole rings is 1. The topological polar surface area (TPSA) is 132 Å². The average molecular weight is 595 g/mol. The minimum atomic E-state index is -0.221. The Kier molecular flexibility index (Phi) is 7.15. The number of rotatable bonds is 8. The number of amides is 2. The molecule has 2 amide bonds. The van der Waals surface area contributed by atoms with Gasteiger partial charge in [0.25, 0.3) is 5.91 Å². The van der Waals surface area contributed by atoms with Crippen LogP contribution in [0.1, 0.15) is 65.7 Å². The SMILES string of the molecule is COc1cc(C(=O)NC2CN(C(C)=O)C2)ccc1Nc1nc2c(c(OC3CCCC3)n1)C(c1ccc3nc(C)oc3c1)=CC2. The summed E-state index contributed by atoms with van der Waals surface area (Å²) < 4.78 is 18.0. The van der Waals surface area contributed by atoms with Crippen LogP contribution in [0.2, 0.25) is 0 Å². The second kappa shape index (κ2) is 11.3. The van der Waals surface area contributed by atoms with Gasteiger partial charge in [-0.2, -0.15) is 4.98 Å². The molecule has 3 heterocycles. The first-order chi connectivity index (χ1) is 21.3. The molecule has 0 bridgehead atoms. The summed E-state index contributed by atoms with van der Waals surface area (Å²) in [5, 5.41) is 6.27. The maximum Gasteiger partial charge on any atom is 0.251 e. The summed E-state index contributed by atoms with van der Waals surface area (Å²) in [6.07, 6.45) is 7.16. The lowest BCUT2D eigenvalue weighted by molar-refractivity contribution is -0.133. The van der Waals surface area contributed by atoms with Gasteiger partial charge >= 0.3 is 0 Å². The van der Waals surface area contributed by atoms with E-state index in [1.54, 1.807) is 30.2 Å². The highest BCUT2D eigenvalue weighted by atomic mass is 16.5. The van der Waals surface area contributed by atoms with E-state index in [0.29, 0.717) is 54.2 Å². The zero-order chi connectivity index (χ0) is 30.4. The Hall–Kier alpha value is -4.93. The normalized spacial score (nSPS) is 16.4. The Morgan fingerprint density at radius 3 is 2.64 bits per heavy atom. The average Bonchev–Trinajstić information content (AvgIpc) is 3.73. The van der Waals surface area contributed by atoms with Crippen molar-refractivity contribution in [3.63, 3.8) is 0 Å². The number of carbonyl (C=O) groups excluding carboxylic acids is 2. The lowest BCUT2D eigenvalue weighted by atomic mass is 10.0. The van der Waals surface area contributed by atoms with Crippen molar-refractivity contribution in [3.8, 4) is 11.6 Å². The number of aromatic nitrogens is 3. The van der Waals surface area contributed by atoms with Gasteiger partial charge in [-0.3, -0.25) is 9.59 Å². The Labute approximate surface area is 254 Å². The van der Waals surface area contributed by atoms with E-state index in [0.717, 1.165) is 59.2 Å². The molecule has 4 aromatic rings. The fourth-order valence-corrected chi connectivity index (χ4v) is 6.13. The number of nitrogens with zero attached hydrogens (tertiary/aromatic N) is 4. The summed E-state index contributed by atoms with van der Waals surface area (Å²) in [5.74, 6) is 1.84. The number of anilines is 2. The van der Waals surface area contributed by atoms with E-state index < -0.39 is 0 Å². The zero-order valence-corrected chi connectivity index (χ0v) is 25.0. The summed E-state index contributed by atoms with van der Waals surface area (Å²) in [5.41, 5.74) is 6.43. The molecule has 11 heteroatoms. The first kappa shape index (κ1) is 27.9. The first-order valence-corrected chi connectivity index (χ1v) is 15.0. The van der Waals surface area contributed by atoms with Crippen LogP contribution in [0.4, 0.5) is 11.6 Å². The lowest BCUT2D eigenvalue weighted by Crippen LogP contribution is -2.60. The molecule has 1 saturated carbocycles. The van der Waals surface area contributed by atoms with Crippen LogP contribution >= 0.6 is 0 Å². The lowest BCUT2D eigenvalue weighted by Gasteiger charge is -2.38. The summed E-state index contributed by atoms with van der Waals surface area (Å²) >= 11 is 0. The smallest absolute Gasteiger partial charge is 0.251 e. The summed E-state index contributed by atoms with van der Waals surface area (Å²) in [4.78, 5) is 40.2. The third kappa shape index (κ3) is 5.34. The van der Waals surface area contributed by atoms with Crippen LogP contribution in [0.5, 0.6) is 11.6 Å². The monoisotopic (exact) mass is 594 g/mol. The van der Waals surface area contributed by atoms with Gasteiger partial charge < -0.3 is 29.4 Å². The van der Waals surface area contributed by atoms with Gasteiger partial charge in [-0.1, -0.05) is 12.1 Å². The number of methoxy groups -OCH3 is 1. The van der Waals surface area contributed by atoms with E-state index in [1.165, 1.54) is 6.92 Å². The van der Waals surface area contributed by atoms with E-state index >= 15 is 0 Å². The maximum atomic E-state index is 12.9.